The van der Waals surface area contributed by atoms with Gasteiger partial charge < -0.3 is 25.4 Å². The Kier molecular flexibility index (Phi) is 5.33. The average Bonchev–Trinajstić information content (AvgIpc) is 2.83. The Labute approximate surface area is 134 Å². The number of aldehydes is 1. The molecule has 0 radical (unpaired) electrons. The van der Waals surface area contributed by atoms with E-state index in [0.717, 1.165) is 12.0 Å². The van der Waals surface area contributed by atoms with Gasteiger partial charge in [0.05, 0.1) is 17.6 Å². The summed E-state index contributed by atoms with van der Waals surface area (Å²) in [6, 6.07) is 5.72. The molecule has 0 aliphatic carbocycles. The number of nitrogens with two attached hydrogens (primary N) is 1. The molecule has 23 heavy (non-hydrogen) atoms. The smallest absolute Gasteiger partial charge is 0.335 e. The van der Waals surface area contributed by atoms with Gasteiger partial charge in [-0.25, -0.2) is 9.59 Å². The number of carboxylic acid groups (broad SMARTS) is 1. The molecule has 0 spiro atoms. The molecule has 1 aliphatic rings. The quantitative estimate of drug-likeness (QED) is 0.728. The maximum absolute atomic E-state index is 12.5. The minimum atomic E-state index is -0.995. The molecule has 1 aromatic rings. The second kappa shape index (κ2) is 7.23. The van der Waals surface area contributed by atoms with E-state index in [1.54, 1.807) is 28.0 Å². The van der Waals surface area contributed by atoms with Crippen LogP contribution in [0.1, 0.15) is 29.3 Å². The molecule has 1 heterocycles. The Morgan fingerprint density at radius 2 is 2.26 bits per heavy atom. The van der Waals surface area contributed by atoms with Crippen LogP contribution in [-0.2, 0) is 11.3 Å². The summed E-state index contributed by atoms with van der Waals surface area (Å²) in [5.41, 5.74) is 6.57. The van der Waals surface area contributed by atoms with Gasteiger partial charge in [-0.15, -0.1) is 0 Å². The highest BCUT2D eigenvalue weighted by Crippen LogP contribution is 2.22. The van der Waals surface area contributed by atoms with Crippen molar-refractivity contribution in [1.29, 1.82) is 0 Å². The van der Waals surface area contributed by atoms with Crippen molar-refractivity contribution in [2.24, 2.45) is 5.73 Å². The Morgan fingerprint density at radius 3 is 2.87 bits per heavy atom. The highest BCUT2D eigenvalue weighted by atomic mass is 16.4. The van der Waals surface area contributed by atoms with Crippen LogP contribution in [0.25, 0.3) is 0 Å². The van der Waals surface area contributed by atoms with E-state index in [0.29, 0.717) is 19.4 Å². The fourth-order valence-corrected chi connectivity index (χ4v) is 2.76. The fraction of sp³-hybridized carbons (Fsp3) is 0.438. The number of urea groups is 1. The van der Waals surface area contributed by atoms with Crippen molar-refractivity contribution in [2.45, 2.75) is 32.0 Å². The van der Waals surface area contributed by atoms with Crippen molar-refractivity contribution >= 4 is 18.3 Å². The Morgan fingerprint density at radius 1 is 1.52 bits per heavy atom. The third kappa shape index (κ3) is 3.87. The monoisotopic (exact) mass is 319 g/mol. The average molecular weight is 319 g/mol. The number of rotatable bonds is 7. The van der Waals surface area contributed by atoms with Crippen LogP contribution in [0.15, 0.2) is 24.3 Å². The number of carboxylic acids is 1. The topological polar surface area (TPSA) is 104 Å². The zero-order valence-corrected chi connectivity index (χ0v) is 13.0. The SMILES string of the molecule is CC[C@H]1CN(CC(N)C=O)C(=O)N1Cc1cccc(C(=O)O)c1. The van der Waals surface area contributed by atoms with Gasteiger partial charge >= 0.3 is 12.0 Å². The van der Waals surface area contributed by atoms with E-state index in [2.05, 4.69) is 0 Å². The summed E-state index contributed by atoms with van der Waals surface area (Å²) in [5.74, 6) is -0.995. The number of carbonyl (C=O) groups is 3. The van der Waals surface area contributed by atoms with Gasteiger partial charge in [-0.2, -0.15) is 0 Å². The Balaban J connectivity index is 2.14. The van der Waals surface area contributed by atoms with Crippen molar-refractivity contribution in [1.82, 2.24) is 9.80 Å². The summed E-state index contributed by atoms with van der Waals surface area (Å²) in [6.45, 7) is 3.05. The molecule has 0 saturated carbocycles. The predicted octanol–water partition coefficient (Wildman–Crippen LogP) is 0.927. The number of amides is 2. The van der Waals surface area contributed by atoms with Crippen LogP contribution in [0.5, 0.6) is 0 Å². The van der Waals surface area contributed by atoms with Crippen molar-refractivity contribution in [3.8, 4) is 0 Å². The first kappa shape index (κ1) is 17.0. The van der Waals surface area contributed by atoms with Gasteiger partial charge in [-0.05, 0) is 24.1 Å². The lowest BCUT2D eigenvalue weighted by molar-refractivity contribution is -0.109. The lowest BCUT2D eigenvalue weighted by Crippen LogP contribution is -2.41. The van der Waals surface area contributed by atoms with Crippen LogP contribution in [0.2, 0.25) is 0 Å². The van der Waals surface area contributed by atoms with E-state index in [1.807, 2.05) is 6.92 Å². The zero-order valence-electron chi connectivity index (χ0n) is 13.0. The number of hydrogen-bond donors (Lipinski definition) is 2. The molecule has 7 nitrogen and oxygen atoms in total. The van der Waals surface area contributed by atoms with Crippen molar-refractivity contribution in [3.05, 3.63) is 35.4 Å². The summed E-state index contributed by atoms with van der Waals surface area (Å²) >= 11 is 0. The first-order chi connectivity index (χ1) is 11.0. The van der Waals surface area contributed by atoms with Crippen molar-refractivity contribution in [3.63, 3.8) is 0 Å². The largest absolute Gasteiger partial charge is 0.478 e. The maximum Gasteiger partial charge on any atom is 0.335 e. The zero-order chi connectivity index (χ0) is 17.0. The van der Waals surface area contributed by atoms with Gasteiger partial charge in [0.25, 0.3) is 0 Å². The van der Waals surface area contributed by atoms with Crippen LogP contribution in [0, 0.1) is 0 Å². The summed E-state index contributed by atoms with van der Waals surface area (Å²) < 4.78 is 0. The highest BCUT2D eigenvalue weighted by molar-refractivity contribution is 5.87. The molecule has 3 N–H and O–H groups in total. The molecular formula is C16H21N3O4. The van der Waals surface area contributed by atoms with Crippen LogP contribution in [-0.4, -0.2) is 58.4 Å². The van der Waals surface area contributed by atoms with Crippen molar-refractivity contribution in [2.75, 3.05) is 13.1 Å². The molecular weight excluding hydrogens is 298 g/mol. The van der Waals surface area contributed by atoms with E-state index in [4.69, 9.17) is 10.8 Å². The van der Waals surface area contributed by atoms with Gasteiger partial charge in [-0.1, -0.05) is 19.1 Å². The molecule has 1 aliphatic heterocycles. The summed E-state index contributed by atoms with van der Waals surface area (Å²) in [5, 5.41) is 9.05. The minimum Gasteiger partial charge on any atom is -0.478 e. The normalized spacial score (nSPS) is 19.0. The van der Waals surface area contributed by atoms with Crippen LogP contribution in [0.4, 0.5) is 4.79 Å². The molecule has 124 valence electrons. The van der Waals surface area contributed by atoms with E-state index in [9.17, 15) is 14.4 Å². The van der Waals surface area contributed by atoms with E-state index < -0.39 is 12.0 Å². The molecule has 1 unspecified atom stereocenters. The summed E-state index contributed by atoms with van der Waals surface area (Å²) in [4.78, 5) is 37.5. The first-order valence-corrected chi connectivity index (χ1v) is 7.55. The van der Waals surface area contributed by atoms with E-state index in [-0.39, 0.29) is 24.2 Å². The van der Waals surface area contributed by atoms with Gasteiger partial charge in [0, 0.05) is 19.6 Å². The Hall–Kier alpha value is -2.41. The second-order valence-corrected chi connectivity index (χ2v) is 5.68. The number of benzene rings is 1. The van der Waals surface area contributed by atoms with Gasteiger partial charge in [0.15, 0.2) is 0 Å². The van der Waals surface area contributed by atoms with Gasteiger partial charge in [0.1, 0.15) is 6.29 Å². The molecule has 2 atom stereocenters. The van der Waals surface area contributed by atoms with Crippen LogP contribution < -0.4 is 5.73 Å². The molecule has 1 aromatic carbocycles. The molecule has 0 aromatic heterocycles. The van der Waals surface area contributed by atoms with Crippen LogP contribution in [0.3, 0.4) is 0 Å². The number of nitrogens with zero attached hydrogens (tertiary/aromatic N) is 2. The lowest BCUT2D eigenvalue weighted by atomic mass is 10.1. The third-order valence-electron chi connectivity index (χ3n) is 3.99. The summed E-state index contributed by atoms with van der Waals surface area (Å²) in [6.07, 6.45) is 1.41. The van der Waals surface area contributed by atoms with Crippen molar-refractivity contribution < 1.29 is 19.5 Å². The van der Waals surface area contributed by atoms with Gasteiger partial charge in [-0.3, -0.25) is 0 Å². The molecule has 2 amide bonds. The number of hydrogen-bond acceptors (Lipinski definition) is 4. The van der Waals surface area contributed by atoms with E-state index >= 15 is 0 Å². The maximum atomic E-state index is 12.5. The molecule has 1 fully saturated rings. The minimum absolute atomic E-state index is 0.0230. The lowest BCUT2D eigenvalue weighted by Gasteiger charge is -2.22. The van der Waals surface area contributed by atoms with Gasteiger partial charge in [0.2, 0.25) is 0 Å². The molecule has 1 saturated heterocycles. The van der Waals surface area contributed by atoms with E-state index in [1.165, 1.54) is 6.07 Å². The Bertz CT molecular complexity index is 605. The highest BCUT2D eigenvalue weighted by Gasteiger charge is 2.36. The standard InChI is InChI=1S/C16H21N3O4/c1-2-14-9-18(8-13(17)10-20)16(23)19(14)7-11-4-3-5-12(6-11)15(21)22/h3-6,10,13-14H,2,7-9,17H2,1H3,(H,21,22)/t13?,14-/m0/s1. The molecule has 2 rings (SSSR count). The third-order valence-corrected chi connectivity index (χ3v) is 3.99. The fourth-order valence-electron chi connectivity index (χ4n) is 2.76. The molecule has 7 heteroatoms. The molecule has 0 bridgehead atoms. The summed E-state index contributed by atoms with van der Waals surface area (Å²) in [7, 11) is 0. The second-order valence-electron chi connectivity index (χ2n) is 5.68. The predicted molar refractivity (Wildman–Crippen MR) is 84.0 cm³/mol. The van der Waals surface area contributed by atoms with Crippen LogP contribution >= 0.6 is 0 Å². The number of carbonyl (C=O) groups excluding carboxylic acids is 2. The number of aromatic carboxylic acids is 1. The first-order valence-electron chi connectivity index (χ1n) is 7.55.